The summed E-state index contributed by atoms with van der Waals surface area (Å²) >= 11 is 0. The third-order valence-corrected chi connectivity index (χ3v) is 2.81. The molecule has 1 amide bonds. The molecule has 0 aliphatic heterocycles. The van der Waals surface area contributed by atoms with Gasteiger partial charge in [0.2, 0.25) is 5.88 Å². The first-order valence-corrected chi connectivity index (χ1v) is 6.10. The highest BCUT2D eigenvalue weighted by Crippen LogP contribution is 2.26. The molecule has 5 heteroatoms. The number of amides is 1. The van der Waals surface area contributed by atoms with Crippen LogP contribution in [0.2, 0.25) is 0 Å². The van der Waals surface area contributed by atoms with Crippen LogP contribution in [0.15, 0.2) is 36.5 Å². The molecule has 1 N–H and O–H groups in total. The van der Waals surface area contributed by atoms with Crippen LogP contribution in [0, 0.1) is 6.92 Å². The predicted octanol–water partition coefficient (Wildman–Crippen LogP) is 2.66. The van der Waals surface area contributed by atoms with Crippen molar-refractivity contribution in [2.45, 2.75) is 6.92 Å². The number of aryl methyl sites for hydroxylation is 1. The molecule has 0 aliphatic carbocycles. The van der Waals surface area contributed by atoms with Gasteiger partial charge in [-0.15, -0.1) is 0 Å². The highest BCUT2D eigenvalue weighted by molar-refractivity contribution is 6.06. The molecular formula is C15H16N2O3. The predicted molar refractivity (Wildman–Crippen MR) is 76.5 cm³/mol. The first kappa shape index (κ1) is 13.9. The Kier molecular flexibility index (Phi) is 4.20. The van der Waals surface area contributed by atoms with Gasteiger partial charge in [-0.25, -0.2) is 4.98 Å². The number of ether oxygens (including phenoxy) is 2. The van der Waals surface area contributed by atoms with Crippen molar-refractivity contribution in [1.29, 1.82) is 0 Å². The molecule has 0 spiro atoms. The number of pyridine rings is 1. The lowest BCUT2D eigenvalue weighted by molar-refractivity contribution is 0.102. The Hall–Kier alpha value is -2.56. The Morgan fingerprint density at radius 2 is 2.00 bits per heavy atom. The second kappa shape index (κ2) is 6.06. The molecule has 5 nitrogen and oxygen atoms in total. The molecule has 0 radical (unpaired) electrons. The van der Waals surface area contributed by atoms with Crippen molar-refractivity contribution >= 4 is 11.6 Å². The molecule has 104 valence electrons. The van der Waals surface area contributed by atoms with E-state index in [4.69, 9.17) is 9.47 Å². The smallest absolute Gasteiger partial charge is 0.261 e. The molecule has 0 saturated heterocycles. The quantitative estimate of drug-likeness (QED) is 0.929. The summed E-state index contributed by atoms with van der Waals surface area (Å²) in [6, 6.07) is 8.92. The van der Waals surface area contributed by atoms with Gasteiger partial charge in [0.1, 0.15) is 11.3 Å². The van der Waals surface area contributed by atoms with Crippen molar-refractivity contribution in [2.24, 2.45) is 0 Å². The number of hydrogen-bond acceptors (Lipinski definition) is 4. The molecular weight excluding hydrogens is 256 g/mol. The van der Waals surface area contributed by atoms with Crippen molar-refractivity contribution in [2.75, 3.05) is 19.5 Å². The molecule has 1 aromatic heterocycles. The summed E-state index contributed by atoms with van der Waals surface area (Å²) in [5.74, 6) is 0.599. The number of carbonyl (C=O) groups excluding carboxylic acids is 1. The van der Waals surface area contributed by atoms with E-state index in [1.807, 2.05) is 25.1 Å². The monoisotopic (exact) mass is 272 g/mol. The van der Waals surface area contributed by atoms with Crippen molar-refractivity contribution < 1.29 is 14.3 Å². The topological polar surface area (TPSA) is 60.5 Å². The fourth-order valence-electron chi connectivity index (χ4n) is 1.84. The molecule has 2 rings (SSSR count). The van der Waals surface area contributed by atoms with E-state index in [1.165, 1.54) is 7.11 Å². The van der Waals surface area contributed by atoms with Crippen LogP contribution in [-0.4, -0.2) is 25.1 Å². The van der Waals surface area contributed by atoms with E-state index >= 15 is 0 Å². The fraction of sp³-hybridized carbons (Fsp3) is 0.200. The van der Waals surface area contributed by atoms with Crippen LogP contribution in [0.1, 0.15) is 15.9 Å². The van der Waals surface area contributed by atoms with Crippen molar-refractivity contribution in [3.05, 3.63) is 47.7 Å². The number of anilines is 1. The van der Waals surface area contributed by atoms with Crippen LogP contribution < -0.4 is 14.8 Å². The van der Waals surface area contributed by atoms with Crippen LogP contribution >= 0.6 is 0 Å². The normalized spacial score (nSPS) is 9.95. The summed E-state index contributed by atoms with van der Waals surface area (Å²) in [5.41, 5.74) is 2.02. The van der Waals surface area contributed by atoms with Gasteiger partial charge in [-0.2, -0.15) is 0 Å². The van der Waals surface area contributed by atoms with Crippen LogP contribution in [0.4, 0.5) is 5.69 Å². The molecule has 0 bridgehead atoms. The second-order valence-electron chi connectivity index (χ2n) is 4.22. The maximum absolute atomic E-state index is 12.3. The summed E-state index contributed by atoms with van der Waals surface area (Å²) < 4.78 is 10.3. The number of methoxy groups -OCH3 is 2. The van der Waals surface area contributed by atoms with Gasteiger partial charge in [0.15, 0.2) is 0 Å². The molecule has 0 aliphatic rings. The zero-order chi connectivity index (χ0) is 14.5. The van der Waals surface area contributed by atoms with Gasteiger partial charge in [-0.05, 0) is 36.8 Å². The molecule has 0 atom stereocenters. The van der Waals surface area contributed by atoms with E-state index in [2.05, 4.69) is 10.3 Å². The minimum Gasteiger partial charge on any atom is -0.495 e. The van der Waals surface area contributed by atoms with Gasteiger partial charge in [0, 0.05) is 6.20 Å². The van der Waals surface area contributed by atoms with E-state index < -0.39 is 0 Å². The van der Waals surface area contributed by atoms with Crippen LogP contribution in [-0.2, 0) is 0 Å². The van der Waals surface area contributed by atoms with E-state index in [0.29, 0.717) is 17.0 Å². The second-order valence-corrected chi connectivity index (χ2v) is 4.22. The van der Waals surface area contributed by atoms with Gasteiger partial charge in [-0.3, -0.25) is 4.79 Å². The van der Waals surface area contributed by atoms with E-state index in [0.717, 1.165) is 5.56 Å². The van der Waals surface area contributed by atoms with E-state index in [1.54, 1.807) is 25.4 Å². The van der Waals surface area contributed by atoms with Gasteiger partial charge in [0.05, 0.1) is 19.9 Å². The zero-order valence-electron chi connectivity index (χ0n) is 11.6. The minimum absolute atomic E-state index is 0.289. The maximum atomic E-state index is 12.3. The minimum atomic E-state index is -0.293. The van der Waals surface area contributed by atoms with E-state index in [9.17, 15) is 4.79 Å². The molecule has 1 heterocycles. The number of nitrogens with one attached hydrogen (secondary N) is 1. The Bertz CT molecular complexity index is 626. The molecule has 2 aromatic rings. The molecule has 0 unspecified atom stereocenters. The molecule has 0 saturated carbocycles. The first-order valence-electron chi connectivity index (χ1n) is 6.10. The number of rotatable bonds is 4. The average molecular weight is 272 g/mol. The van der Waals surface area contributed by atoms with Crippen molar-refractivity contribution in [3.8, 4) is 11.6 Å². The number of nitrogens with zero attached hydrogens (tertiary/aromatic N) is 1. The highest BCUT2D eigenvalue weighted by atomic mass is 16.5. The Labute approximate surface area is 117 Å². The number of carbonyl (C=O) groups is 1. The number of hydrogen-bond donors (Lipinski definition) is 1. The van der Waals surface area contributed by atoms with Crippen LogP contribution in [0.25, 0.3) is 0 Å². The molecule has 20 heavy (non-hydrogen) atoms. The summed E-state index contributed by atoms with van der Waals surface area (Å²) in [7, 11) is 3.04. The number of aromatic nitrogens is 1. The Morgan fingerprint density at radius 1 is 1.20 bits per heavy atom. The SMILES string of the molecule is COc1ccc(C)cc1NC(=O)c1cccnc1OC. The molecule has 0 fully saturated rings. The summed E-state index contributed by atoms with van der Waals surface area (Å²) in [6.07, 6.45) is 1.57. The lowest BCUT2D eigenvalue weighted by Crippen LogP contribution is -2.14. The third kappa shape index (κ3) is 2.88. The van der Waals surface area contributed by atoms with Gasteiger partial charge in [0.25, 0.3) is 5.91 Å². The Morgan fingerprint density at radius 3 is 2.70 bits per heavy atom. The van der Waals surface area contributed by atoms with Gasteiger partial charge in [-0.1, -0.05) is 6.07 Å². The van der Waals surface area contributed by atoms with Gasteiger partial charge < -0.3 is 14.8 Å². The van der Waals surface area contributed by atoms with Gasteiger partial charge >= 0.3 is 0 Å². The standard InChI is InChI=1S/C15H16N2O3/c1-10-6-7-13(19-2)12(9-10)17-14(18)11-5-4-8-16-15(11)20-3/h4-9H,1-3H3,(H,17,18). The lowest BCUT2D eigenvalue weighted by atomic mass is 10.2. The van der Waals surface area contributed by atoms with Crippen LogP contribution in [0.3, 0.4) is 0 Å². The highest BCUT2D eigenvalue weighted by Gasteiger charge is 2.14. The largest absolute Gasteiger partial charge is 0.495 e. The Balaban J connectivity index is 2.30. The summed E-state index contributed by atoms with van der Waals surface area (Å²) in [4.78, 5) is 16.3. The lowest BCUT2D eigenvalue weighted by Gasteiger charge is -2.12. The summed E-state index contributed by atoms with van der Waals surface area (Å²) in [6.45, 7) is 1.94. The van der Waals surface area contributed by atoms with Crippen molar-refractivity contribution in [1.82, 2.24) is 4.98 Å². The number of benzene rings is 1. The summed E-state index contributed by atoms with van der Waals surface area (Å²) in [5, 5.41) is 2.81. The van der Waals surface area contributed by atoms with E-state index in [-0.39, 0.29) is 11.8 Å². The third-order valence-electron chi connectivity index (χ3n) is 2.81. The maximum Gasteiger partial charge on any atom is 0.261 e. The fourth-order valence-corrected chi connectivity index (χ4v) is 1.84. The zero-order valence-corrected chi connectivity index (χ0v) is 11.6. The van der Waals surface area contributed by atoms with Crippen LogP contribution in [0.5, 0.6) is 11.6 Å². The average Bonchev–Trinajstić information content (AvgIpc) is 2.47. The first-order chi connectivity index (χ1) is 9.65. The van der Waals surface area contributed by atoms with Crippen molar-refractivity contribution in [3.63, 3.8) is 0 Å². The molecule has 1 aromatic carbocycles.